The molecule has 0 aliphatic rings. The van der Waals surface area contributed by atoms with Crippen molar-refractivity contribution < 1.29 is 17.5 Å². The molecule has 0 bridgehead atoms. The Balaban J connectivity index is 1.96. The average Bonchev–Trinajstić information content (AvgIpc) is 2.73. The first-order chi connectivity index (χ1) is 14.2. The van der Waals surface area contributed by atoms with Gasteiger partial charge in [0.2, 0.25) is 10.0 Å². The fourth-order valence-electron chi connectivity index (χ4n) is 2.83. The molecule has 30 heavy (non-hydrogen) atoms. The zero-order valence-corrected chi connectivity index (χ0v) is 17.1. The van der Waals surface area contributed by atoms with Crippen LogP contribution < -0.4 is 20.7 Å². The summed E-state index contributed by atoms with van der Waals surface area (Å²) in [5.41, 5.74) is -1.05. The molecule has 3 aromatic rings. The van der Waals surface area contributed by atoms with Crippen molar-refractivity contribution in [1.29, 1.82) is 0 Å². The summed E-state index contributed by atoms with van der Waals surface area (Å²) in [4.78, 5) is 23.7. The van der Waals surface area contributed by atoms with E-state index in [1.807, 2.05) is 0 Å². The minimum Gasteiger partial charge on any atom is -0.488 e. The first kappa shape index (κ1) is 21.5. The van der Waals surface area contributed by atoms with Crippen molar-refractivity contribution in [3.8, 4) is 5.75 Å². The molecule has 10 heteroatoms. The van der Waals surface area contributed by atoms with E-state index in [1.54, 1.807) is 36.4 Å². The van der Waals surface area contributed by atoms with Crippen LogP contribution >= 0.6 is 0 Å². The molecule has 8 nitrogen and oxygen atoms in total. The normalized spacial score (nSPS) is 12.5. The van der Waals surface area contributed by atoms with E-state index in [9.17, 15) is 22.4 Å². The largest absolute Gasteiger partial charge is 0.488 e. The van der Waals surface area contributed by atoms with E-state index in [-0.39, 0.29) is 12.4 Å². The lowest BCUT2D eigenvalue weighted by molar-refractivity contribution is 0.269. The van der Waals surface area contributed by atoms with Gasteiger partial charge in [-0.15, -0.1) is 0 Å². The summed E-state index contributed by atoms with van der Waals surface area (Å²) >= 11 is 0. The Kier molecular flexibility index (Phi) is 6.18. The Morgan fingerprint density at radius 1 is 1.03 bits per heavy atom. The molecule has 1 heterocycles. The van der Waals surface area contributed by atoms with Crippen LogP contribution in [-0.2, 0) is 24.1 Å². The highest BCUT2D eigenvalue weighted by Gasteiger charge is 2.26. The van der Waals surface area contributed by atoms with Crippen LogP contribution in [0.15, 0.2) is 75.3 Å². The van der Waals surface area contributed by atoms with Crippen LogP contribution in [0.5, 0.6) is 5.75 Å². The van der Waals surface area contributed by atoms with E-state index >= 15 is 0 Å². The van der Waals surface area contributed by atoms with Crippen molar-refractivity contribution in [2.75, 3.05) is 6.61 Å². The van der Waals surface area contributed by atoms with E-state index in [1.165, 1.54) is 32.3 Å². The van der Waals surface area contributed by atoms with Gasteiger partial charge in [0.05, 0.1) is 6.04 Å². The first-order valence-corrected chi connectivity index (χ1v) is 10.4. The van der Waals surface area contributed by atoms with Gasteiger partial charge in [-0.2, -0.15) is 4.72 Å². The fourth-order valence-corrected chi connectivity index (χ4v) is 4.20. The first-order valence-electron chi connectivity index (χ1n) is 8.92. The average molecular weight is 433 g/mol. The lowest BCUT2D eigenvalue weighted by atomic mass is 10.1. The number of rotatable bonds is 7. The van der Waals surface area contributed by atoms with Gasteiger partial charge in [-0.1, -0.05) is 42.5 Å². The van der Waals surface area contributed by atoms with Crippen LogP contribution in [0.2, 0.25) is 0 Å². The van der Waals surface area contributed by atoms with Crippen LogP contribution in [0.1, 0.15) is 11.6 Å². The van der Waals surface area contributed by atoms with Gasteiger partial charge in [0.1, 0.15) is 6.61 Å². The van der Waals surface area contributed by atoms with E-state index in [0.29, 0.717) is 10.1 Å². The van der Waals surface area contributed by atoms with Gasteiger partial charge < -0.3 is 9.30 Å². The quantitative estimate of drug-likeness (QED) is 0.606. The van der Waals surface area contributed by atoms with E-state index < -0.39 is 38.0 Å². The standard InChI is InChI=1S/C20H20FN3O5S/c1-23-12-18(19(25)24(2)20(23)26)30(27,28)22-16(14-8-4-3-5-9-14)13-29-17-11-7-6-10-15(17)21/h3-12,16,22H,13H2,1-2H3. The summed E-state index contributed by atoms with van der Waals surface area (Å²) in [6, 6.07) is 13.4. The third-order valence-corrected chi connectivity index (χ3v) is 5.90. The molecule has 0 amide bonds. The van der Waals surface area contributed by atoms with E-state index in [4.69, 9.17) is 4.74 Å². The zero-order valence-electron chi connectivity index (χ0n) is 16.3. The third-order valence-electron chi connectivity index (χ3n) is 4.45. The molecule has 1 atom stereocenters. The minimum atomic E-state index is -4.33. The number of sulfonamides is 1. The SMILES string of the molecule is Cn1cc(S(=O)(=O)NC(COc2ccccc2F)c2ccccc2)c(=O)n(C)c1=O. The highest BCUT2D eigenvalue weighted by molar-refractivity contribution is 7.89. The molecule has 0 saturated carbocycles. The van der Waals surface area contributed by atoms with E-state index in [2.05, 4.69) is 4.72 Å². The summed E-state index contributed by atoms with van der Waals surface area (Å²) < 4.78 is 49.4. The lowest BCUT2D eigenvalue weighted by Crippen LogP contribution is -2.42. The molecule has 1 aromatic heterocycles. The van der Waals surface area contributed by atoms with Crippen molar-refractivity contribution in [1.82, 2.24) is 13.9 Å². The Morgan fingerprint density at radius 2 is 1.67 bits per heavy atom. The molecule has 1 N–H and O–H groups in total. The number of aryl methyl sites for hydroxylation is 1. The lowest BCUT2D eigenvalue weighted by Gasteiger charge is -2.20. The number of benzene rings is 2. The molecule has 2 aromatic carbocycles. The van der Waals surface area contributed by atoms with Crippen LogP contribution in [0, 0.1) is 5.82 Å². The topological polar surface area (TPSA) is 99.4 Å². The number of hydrogen-bond acceptors (Lipinski definition) is 5. The van der Waals surface area contributed by atoms with Crippen LogP contribution in [0.3, 0.4) is 0 Å². The molecule has 0 saturated heterocycles. The fraction of sp³-hybridized carbons (Fsp3) is 0.200. The summed E-state index contributed by atoms with van der Waals surface area (Å²) in [6.45, 7) is -0.226. The molecular weight excluding hydrogens is 413 g/mol. The predicted molar refractivity (Wildman–Crippen MR) is 108 cm³/mol. The molecular formula is C20H20FN3O5S. The molecule has 1 unspecified atom stereocenters. The zero-order chi connectivity index (χ0) is 21.9. The number of ether oxygens (including phenoxy) is 1. The maximum Gasteiger partial charge on any atom is 0.330 e. The summed E-state index contributed by atoms with van der Waals surface area (Å²) in [6.07, 6.45) is 0.965. The number of hydrogen-bond donors (Lipinski definition) is 1. The highest BCUT2D eigenvalue weighted by atomic mass is 32.2. The number of halogens is 1. The smallest absolute Gasteiger partial charge is 0.330 e. The molecule has 0 aliphatic carbocycles. The summed E-state index contributed by atoms with van der Waals surface area (Å²) in [7, 11) is -1.79. The Labute approximate surface area is 172 Å². The number of nitrogens with zero attached hydrogens (tertiary/aromatic N) is 2. The predicted octanol–water partition coefficient (Wildman–Crippen LogP) is 1.32. The number of aromatic nitrogens is 2. The van der Waals surface area contributed by atoms with Crippen LogP contribution in [0.25, 0.3) is 0 Å². The van der Waals surface area contributed by atoms with Gasteiger partial charge >= 0.3 is 5.69 Å². The second-order valence-corrected chi connectivity index (χ2v) is 8.26. The van der Waals surface area contributed by atoms with Crippen molar-refractivity contribution in [2.45, 2.75) is 10.9 Å². The number of para-hydroxylation sites is 1. The van der Waals surface area contributed by atoms with Gasteiger partial charge in [-0.25, -0.2) is 17.6 Å². The minimum absolute atomic E-state index is 0.0318. The second-order valence-electron chi connectivity index (χ2n) is 6.58. The monoisotopic (exact) mass is 433 g/mol. The van der Waals surface area contributed by atoms with Crippen molar-refractivity contribution in [2.24, 2.45) is 14.1 Å². The Hall–Kier alpha value is -3.24. The number of nitrogens with one attached hydrogen (secondary N) is 1. The van der Waals surface area contributed by atoms with E-state index in [0.717, 1.165) is 10.8 Å². The Morgan fingerprint density at radius 3 is 2.33 bits per heavy atom. The highest BCUT2D eigenvalue weighted by Crippen LogP contribution is 2.20. The van der Waals surface area contributed by atoms with Crippen LogP contribution in [-0.4, -0.2) is 24.2 Å². The summed E-state index contributed by atoms with van der Waals surface area (Å²) in [5.74, 6) is -0.616. The third kappa shape index (κ3) is 4.50. The van der Waals surface area contributed by atoms with Crippen LogP contribution in [0.4, 0.5) is 4.39 Å². The molecule has 158 valence electrons. The maximum absolute atomic E-state index is 13.9. The molecule has 0 radical (unpaired) electrons. The van der Waals surface area contributed by atoms with Gasteiger partial charge in [-0.3, -0.25) is 9.36 Å². The maximum atomic E-state index is 13.9. The van der Waals surface area contributed by atoms with Gasteiger partial charge in [-0.05, 0) is 17.7 Å². The van der Waals surface area contributed by atoms with Crippen molar-refractivity contribution in [3.63, 3.8) is 0 Å². The van der Waals surface area contributed by atoms with Gasteiger partial charge in [0, 0.05) is 20.3 Å². The molecule has 3 rings (SSSR count). The van der Waals surface area contributed by atoms with Crippen molar-refractivity contribution in [3.05, 3.63) is 93.0 Å². The Bertz CT molecular complexity index is 1270. The molecule has 0 fully saturated rings. The van der Waals surface area contributed by atoms with Crippen molar-refractivity contribution >= 4 is 10.0 Å². The van der Waals surface area contributed by atoms with Gasteiger partial charge in [0.25, 0.3) is 5.56 Å². The molecule has 0 spiro atoms. The molecule has 0 aliphatic heterocycles. The van der Waals surface area contributed by atoms with Gasteiger partial charge in [0.15, 0.2) is 16.5 Å². The second kappa shape index (κ2) is 8.64. The summed E-state index contributed by atoms with van der Waals surface area (Å²) in [5, 5.41) is 0.